The predicted octanol–water partition coefficient (Wildman–Crippen LogP) is 5.12. The maximum absolute atomic E-state index is 12.1. The SMILES string of the molecule is CCCCCCC(=O)/C=C(\C)C(=O)c1ccc(Br)cc1. The van der Waals surface area contributed by atoms with Crippen LogP contribution in [-0.4, -0.2) is 11.6 Å². The third kappa shape index (κ3) is 5.83. The predicted molar refractivity (Wildman–Crippen MR) is 86.0 cm³/mol. The van der Waals surface area contributed by atoms with Gasteiger partial charge in [0.15, 0.2) is 11.6 Å². The lowest BCUT2D eigenvalue weighted by molar-refractivity contribution is -0.114. The minimum Gasteiger partial charge on any atom is -0.295 e. The van der Waals surface area contributed by atoms with Gasteiger partial charge in [-0.15, -0.1) is 0 Å². The number of hydrogen-bond donors (Lipinski definition) is 0. The summed E-state index contributed by atoms with van der Waals surface area (Å²) in [5.41, 5.74) is 1.12. The van der Waals surface area contributed by atoms with Crippen LogP contribution in [0, 0.1) is 0 Å². The van der Waals surface area contributed by atoms with E-state index in [9.17, 15) is 9.59 Å². The number of allylic oxidation sites excluding steroid dienone is 2. The van der Waals surface area contributed by atoms with Crippen LogP contribution in [0.5, 0.6) is 0 Å². The van der Waals surface area contributed by atoms with E-state index in [0.717, 1.165) is 30.2 Å². The standard InChI is InChI=1S/C17H21BrO2/c1-3-4-5-6-7-16(19)12-13(2)17(20)14-8-10-15(18)11-9-14/h8-12H,3-7H2,1-2H3/b13-12+. The highest BCUT2D eigenvalue weighted by molar-refractivity contribution is 9.10. The quantitative estimate of drug-likeness (QED) is 0.375. The van der Waals surface area contributed by atoms with Gasteiger partial charge in [-0.1, -0.05) is 42.1 Å². The fraction of sp³-hybridized carbons (Fsp3) is 0.412. The van der Waals surface area contributed by atoms with Crippen LogP contribution in [0.4, 0.5) is 0 Å². The maximum Gasteiger partial charge on any atom is 0.188 e. The third-order valence-corrected chi connectivity index (χ3v) is 3.65. The average molecular weight is 337 g/mol. The zero-order chi connectivity index (χ0) is 15.0. The molecule has 0 radical (unpaired) electrons. The topological polar surface area (TPSA) is 34.1 Å². The molecule has 0 fully saturated rings. The molecule has 0 unspecified atom stereocenters. The molecule has 0 atom stereocenters. The van der Waals surface area contributed by atoms with Crippen LogP contribution < -0.4 is 0 Å². The van der Waals surface area contributed by atoms with Crippen molar-refractivity contribution in [1.29, 1.82) is 0 Å². The molecule has 0 aromatic heterocycles. The summed E-state index contributed by atoms with van der Waals surface area (Å²) in [5.74, 6) is -0.0385. The molecule has 1 rings (SSSR count). The fourth-order valence-electron chi connectivity index (χ4n) is 1.93. The Morgan fingerprint density at radius 1 is 1.10 bits per heavy atom. The highest BCUT2D eigenvalue weighted by atomic mass is 79.9. The number of ketones is 2. The van der Waals surface area contributed by atoms with Gasteiger partial charge in [-0.05, 0) is 43.7 Å². The van der Waals surface area contributed by atoms with E-state index in [0.29, 0.717) is 17.6 Å². The van der Waals surface area contributed by atoms with E-state index in [1.54, 1.807) is 19.1 Å². The zero-order valence-corrected chi connectivity index (χ0v) is 13.7. The number of carbonyl (C=O) groups is 2. The molecule has 0 saturated heterocycles. The van der Waals surface area contributed by atoms with Gasteiger partial charge in [0.25, 0.3) is 0 Å². The molecule has 1 aromatic rings. The molecule has 2 nitrogen and oxygen atoms in total. The van der Waals surface area contributed by atoms with Gasteiger partial charge < -0.3 is 0 Å². The van der Waals surface area contributed by atoms with Crippen molar-refractivity contribution in [3.63, 3.8) is 0 Å². The minimum absolute atomic E-state index is 0.0454. The highest BCUT2D eigenvalue weighted by Crippen LogP contribution is 2.14. The number of carbonyl (C=O) groups excluding carboxylic acids is 2. The zero-order valence-electron chi connectivity index (χ0n) is 12.1. The largest absolute Gasteiger partial charge is 0.295 e. The van der Waals surface area contributed by atoms with Crippen molar-refractivity contribution in [2.45, 2.75) is 46.0 Å². The lowest BCUT2D eigenvalue weighted by atomic mass is 10.0. The first-order valence-electron chi connectivity index (χ1n) is 7.06. The molecule has 0 heterocycles. The van der Waals surface area contributed by atoms with Gasteiger partial charge in [0, 0.05) is 22.0 Å². The Labute approximate surface area is 129 Å². The molecular weight excluding hydrogens is 316 g/mol. The van der Waals surface area contributed by atoms with Gasteiger partial charge in [0.05, 0.1) is 0 Å². The molecule has 0 saturated carbocycles. The first-order valence-corrected chi connectivity index (χ1v) is 7.85. The van der Waals surface area contributed by atoms with E-state index in [1.807, 2.05) is 12.1 Å². The van der Waals surface area contributed by atoms with Crippen molar-refractivity contribution in [2.75, 3.05) is 0 Å². The number of rotatable bonds is 8. The molecule has 0 spiro atoms. The molecule has 0 aliphatic heterocycles. The Bertz CT molecular complexity index is 486. The molecule has 3 heteroatoms. The van der Waals surface area contributed by atoms with Crippen LogP contribution in [0.2, 0.25) is 0 Å². The molecule has 108 valence electrons. The fourth-order valence-corrected chi connectivity index (χ4v) is 2.20. The Morgan fingerprint density at radius 3 is 2.35 bits per heavy atom. The summed E-state index contributed by atoms with van der Waals surface area (Å²) >= 11 is 3.33. The van der Waals surface area contributed by atoms with E-state index >= 15 is 0 Å². The van der Waals surface area contributed by atoms with Crippen LogP contribution in [0.3, 0.4) is 0 Å². The Morgan fingerprint density at radius 2 is 1.75 bits per heavy atom. The summed E-state index contributed by atoms with van der Waals surface area (Å²) < 4.78 is 0.933. The number of hydrogen-bond acceptors (Lipinski definition) is 2. The van der Waals surface area contributed by atoms with Crippen molar-refractivity contribution in [1.82, 2.24) is 0 Å². The highest BCUT2D eigenvalue weighted by Gasteiger charge is 2.09. The second-order valence-corrected chi connectivity index (χ2v) is 5.86. The minimum atomic E-state index is -0.0839. The summed E-state index contributed by atoms with van der Waals surface area (Å²) in [6.45, 7) is 3.84. The molecule has 0 aliphatic rings. The number of unbranched alkanes of at least 4 members (excludes halogenated alkanes) is 3. The molecule has 0 bridgehead atoms. The van der Waals surface area contributed by atoms with Crippen molar-refractivity contribution in [3.8, 4) is 0 Å². The van der Waals surface area contributed by atoms with Gasteiger partial charge >= 0.3 is 0 Å². The summed E-state index contributed by atoms with van der Waals surface area (Å²) in [4.78, 5) is 23.9. The van der Waals surface area contributed by atoms with Crippen LogP contribution in [0.1, 0.15) is 56.3 Å². The lowest BCUT2D eigenvalue weighted by Crippen LogP contribution is -2.03. The van der Waals surface area contributed by atoms with Crippen molar-refractivity contribution < 1.29 is 9.59 Å². The number of benzene rings is 1. The molecule has 1 aromatic carbocycles. The Balaban J connectivity index is 2.57. The van der Waals surface area contributed by atoms with E-state index in [2.05, 4.69) is 22.9 Å². The first kappa shape index (κ1) is 16.8. The second kappa shape index (κ2) is 8.85. The van der Waals surface area contributed by atoms with Crippen molar-refractivity contribution in [2.24, 2.45) is 0 Å². The van der Waals surface area contributed by atoms with Gasteiger partial charge in [-0.3, -0.25) is 9.59 Å². The van der Waals surface area contributed by atoms with E-state index in [1.165, 1.54) is 6.08 Å². The van der Waals surface area contributed by atoms with Gasteiger partial charge in [0.2, 0.25) is 0 Å². The van der Waals surface area contributed by atoms with Gasteiger partial charge in [0.1, 0.15) is 0 Å². The molecular formula is C17H21BrO2. The van der Waals surface area contributed by atoms with Crippen LogP contribution in [0.25, 0.3) is 0 Å². The lowest BCUT2D eigenvalue weighted by Gasteiger charge is -2.02. The summed E-state index contributed by atoms with van der Waals surface area (Å²) in [5, 5.41) is 0. The average Bonchev–Trinajstić information content (AvgIpc) is 2.43. The molecule has 20 heavy (non-hydrogen) atoms. The molecule has 0 N–H and O–H groups in total. The monoisotopic (exact) mass is 336 g/mol. The number of Topliss-reactive ketones (excluding diaryl/α,β-unsaturated/α-hetero) is 1. The second-order valence-electron chi connectivity index (χ2n) is 4.94. The Kier molecular flexibility index (Phi) is 7.45. The Hall–Kier alpha value is -1.22. The third-order valence-electron chi connectivity index (χ3n) is 3.12. The van der Waals surface area contributed by atoms with Gasteiger partial charge in [-0.2, -0.15) is 0 Å². The first-order chi connectivity index (χ1) is 9.54. The summed E-state index contributed by atoms with van der Waals surface area (Å²) in [6, 6.07) is 7.17. The van der Waals surface area contributed by atoms with E-state index in [-0.39, 0.29) is 11.6 Å². The van der Waals surface area contributed by atoms with Crippen molar-refractivity contribution in [3.05, 3.63) is 46.0 Å². The van der Waals surface area contributed by atoms with Gasteiger partial charge in [-0.25, -0.2) is 0 Å². The smallest absolute Gasteiger partial charge is 0.188 e. The van der Waals surface area contributed by atoms with Crippen LogP contribution >= 0.6 is 15.9 Å². The van der Waals surface area contributed by atoms with E-state index < -0.39 is 0 Å². The van der Waals surface area contributed by atoms with Crippen molar-refractivity contribution >= 4 is 27.5 Å². The summed E-state index contributed by atoms with van der Waals surface area (Å²) in [7, 11) is 0. The maximum atomic E-state index is 12.1. The number of halogens is 1. The normalized spacial score (nSPS) is 11.4. The van der Waals surface area contributed by atoms with Crippen LogP contribution in [-0.2, 0) is 4.79 Å². The molecule has 0 amide bonds. The van der Waals surface area contributed by atoms with E-state index in [4.69, 9.17) is 0 Å². The van der Waals surface area contributed by atoms with Crippen LogP contribution in [0.15, 0.2) is 40.4 Å². The molecule has 0 aliphatic carbocycles. The summed E-state index contributed by atoms with van der Waals surface area (Å²) in [6.07, 6.45) is 6.32.